The van der Waals surface area contributed by atoms with Crippen molar-refractivity contribution in [1.29, 1.82) is 0 Å². The highest BCUT2D eigenvalue weighted by atomic mass is 16.5. The minimum absolute atomic E-state index is 0.000320. The molecule has 8 aromatic rings. The molecule has 7 heteroatoms. The molecule has 0 saturated heterocycles. The van der Waals surface area contributed by atoms with E-state index in [4.69, 9.17) is 14.7 Å². The Morgan fingerprint density at radius 1 is 0.529 bits per heavy atom. The van der Waals surface area contributed by atoms with E-state index in [0.29, 0.717) is 0 Å². The summed E-state index contributed by atoms with van der Waals surface area (Å²) in [6, 6.07) is 49.1. The smallest absolute Gasteiger partial charge is 0.422 e. The molecular weight excluding hydrogens is 625 g/mol. The first-order chi connectivity index (χ1) is 24.9. The summed E-state index contributed by atoms with van der Waals surface area (Å²) in [4.78, 5) is 14.5. The van der Waals surface area contributed by atoms with Crippen LogP contribution in [0.1, 0.15) is 26.3 Å². The van der Waals surface area contributed by atoms with E-state index in [1.165, 1.54) is 33.2 Å². The molecule has 0 bridgehead atoms. The summed E-state index contributed by atoms with van der Waals surface area (Å²) in [5.41, 5.74) is 10.4. The summed E-state index contributed by atoms with van der Waals surface area (Å²) in [5.74, 6) is 3.29. The van der Waals surface area contributed by atoms with Crippen LogP contribution in [0.5, 0.6) is 11.5 Å². The van der Waals surface area contributed by atoms with Gasteiger partial charge in [0.05, 0.1) is 22.4 Å². The highest BCUT2D eigenvalue weighted by Crippen LogP contribution is 2.51. The van der Waals surface area contributed by atoms with Gasteiger partial charge in [0.25, 0.3) is 0 Å². The Bertz CT molecular complexity index is 2640. The van der Waals surface area contributed by atoms with Gasteiger partial charge in [0.15, 0.2) is 0 Å². The van der Waals surface area contributed by atoms with Crippen LogP contribution < -0.4 is 19.8 Å². The van der Waals surface area contributed by atoms with Crippen LogP contribution in [0.15, 0.2) is 152 Å². The predicted molar refractivity (Wildman–Crippen MR) is 210 cm³/mol. The van der Waals surface area contributed by atoms with Crippen molar-refractivity contribution in [2.45, 2.75) is 26.2 Å². The van der Waals surface area contributed by atoms with Crippen molar-refractivity contribution >= 4 is 57.1 Å². The molecule has 3 aromatic heterocycles. The molecule has 0 fully saturated rings. The lowest BCUT2D eigenvalue weighted by Crippen LogP contribution is -2.55. The van der Waals surface area contributed by atoms with E-state index in [-0.39, 0.29) is 12.4 Å². The molecule has 10 rings (SSSR count). The van der Waals surface area contributed by atoms with Gasteiger partial charge < -0.3 is 14.4 Å². The Morgan fingerprint density at radius 2 is 1.25 bits per heavy atom. The van der Waals surface area contributed by atoms with Crippen LogP contribution in [0.2, 0.25) is 0 Å². The maximum Gasteiger partial charge on any atom is 0.422 e. The number of rotatable bonds is 4. The second-order valence-electron chi connectivity index (χ2n) is 14.3. The summed E-state index contributed by atoms with van der Waals surface area (Å²) in [7, 11) is 0. The van der Waals surface area contributed by atoms with Crippen LogP contribution in [0, 0.1) is 0 Å². The average Bonchev–Trinajstić information content (AvgIpc) is 3.68. The summed E-state index contributed by atoms with van der Waals surface area (Å²) < 4.78 is 9.01. The lowest BCUT2D eigenvalue weighted by atomic mass is 9.59. The van der Waals surface area contributed by atoms with Crippen molar-refractivity contribution in [3.05, 3.63) is 157 Å². The van der Waals surface area contributed by atoms with Gasteiger partial charge in [-0.2, -0.15) is 0 Å². The Kier molecular flexibility index (Phi) is 6.43. The van der Waals surface area contributed by atoms with Crippen LogP contribution in [-0.4, -0.2) is 21.5 Å². The molecule has 6 nitrogen and oxygen atoms in total. The molecular formula is C44H34BN5O. The van der Waals surface area contributed by atoms with Crippen molar-refractivity contribution < 1.29 is 4.74 Å². The number of anilines is 4. The zero-order valence-electron chi connectivity index (χ0n) is 28.7. The topological polar surface area (TPSA) is 46.4 Å². The molecule has 2 aliphatic heterocycles. The van der Waals surface area contributed by atoms with Gasteiger partial charge in [0.1, 0.15) is 23.1 Å². The molecule has 0 unspecified atom stereocenters. The average molecular weight is 660 g/mol. The molecule has 0 saturated carbocycles. The zero-order valence-corrected chi connectivity index (χ0v) is 28.7. The van der Waals surface area contributed by atoms with Crippen molar-refractivity contribution in [1.82, 2.24) is 14.5 Å². The van der Waals surface area contributed by atoms with E-state index >= 15 is 0 Å². The molecule has 0 spiro atoms. The summed E-state index contributed by atoms with van der Waals surface area (Å²) in [6.45, 7) is 6.61. The van der Waals surface area contributed by atoms with Crippen molar-refractivity contribution in [3.63, 3.8) is 0 Å². The number of hydrogen-bond acceptors (Lipinski definition) is 5. The standard InChI is InChI=1S/C44H34BN5O/c1-44(2,3)29-23-25-47-43(26-29)48-37-16-8-5-14-34(37)35-21-19-30(27-40(35)48)51-31-20-22-39-41(28-31)50(42-18-10-11-24-46-42)45-36-15-7-4-12-32(36)33-13-6-9-17-38(33)49(39)45/h4-28H,1-3H3. The van der Waals surface area contributed by atoms with Crippen molar-refractivity contribution in [2.24, 2.45) is 0 Å². The highest BCUT2D eigenvalue weighted by molar-refractivity contribution is 6.86. The van der Waals surface area contributed by atoms with Gasteiger partial charge >= 0.3 is 6.98 Å². The SMILES string of the molecule is CC(C)(C)c1ccnc(-n2c3ccccc3c3ccc(Oc4ccc5c(c4)N(c4ccccn4)B4c6ccccc6-c6ccccc6N45)cc32)c1. The monoisotopic (exact) mass is 659 g/mol. The molecule has 0 atom stereocenters. The predicted octanol–water partition coefficient (Wildman–Crippen LogP) is 10.3. The zero-order chi connectivity index (χ0) is 34.3. The molecule has 0 aliphatic carbocycles. The quantitative estimate of drug-likeness (QED) is 0.176. The number of aromatic nitrogens is 3. The van der Waals surface area contributed by atoms with Gasteiger partial charge in [0, 0.05) is 46.5 Å². The normalized spacial score (nSPS) is 13.3. The van der Waals surface area contributed by atoms with Gasteiger partial charge in [-0.1, -0.05) is 87.5 Å². The molecule has 244 valence electrons. The fourth-order valence-corrected chi connectivity index (χ4v) is 7.91. The van der Waals surface area contributed by atoms with E-state index < -0.39 is 0 Å². The lowest BCUT2D eigenvalue weighted by Gasteiger charge is -2.35. The summed E-state index contributed by atoms with van der Waals surface area (Å²) >= 11 is 0. The van der Waals surface area contributed by atoms with Gasteiger partial charge in [0.2, 0.25) is 0 Å². The van der Waals surface area contributed by atoms with Crippen LogP contribution in [-0.2, 0) is 5.41 Å². The van der Waals surface area contributed by atoms with Crippen molar-refractivity contribution in [3.8, 4) is 28.4 Å². The number of hydrogen-bond donors (Lipinski definition) is 0. The fraction of sp³-hybridized carbons (Fsp3) is 0.0909. The first-order valence-corrected chi connectivity index (χ1v) is 17.4. The number of para-hydroxylation sites is 2. The largest absolute Gasteiger partial charge is 0.457 e. The van der Waals surface area contributed by atoms with Gasteiger partial charge in [-0.15, -0.1) is 0 Å². The van der Waals surface area contributed by atoms with Gasteiger partial charge in [-0.05, 0) is 82.7 Å². The summed E-state index contributed by atoms with van der Waals surface area (Å²) in [6.07, 6.45) is 3.78. The minimum Gasteiger partial charge on any atom is -0.457 e. The maximum atomic E-state index is 6.75. The first-order valence-electron chi connectivity index (χ1n) is 17.4. The second-order valence-corrected chi connectivity index (χ2v) is 14.3. The Hall–Kier alpha value is -6.34. The third-order valence-electron chi connectivity index (χ3n) is 10.3. The van der Waals surface area contributed by atoms with Crippen molar-refractivity contribution in [2.75, 3.05) is 9.62 Å². The molecule has 0 amide bonds. The third-order valence-corrected chi connectivity index (χ3v) is 10.3. The molecule has 0 radical (unpaired) electrons. The number of ether oxygens (including phenoxy) is 1. The van der Waals surface area contributed by atoms with Gasteiger partial charge in [-0.25, -0.2) is 9.97 Å². The highest BCUT2D eigenvalue weighted by Gasteiger charge is 2.48. The van der Waals surface area contributed by atoms with Crippen LogP contribution >= 0.6 is 0 Å². The third kappa shape index (κ3) is 4.58. The molecule has 51 heavy (non-hydrogen) atoms. The van der Waals surface area contributed by atoms with E-state index in [9.17, 15) is 0 Å². The molecule has 5 heterocycles. The fourth-order valence-electron chi connectivity index (χ4n) is 7.91. The molecule has 2 aliphatic rings. The maximum absolute atomic E-state index is 6.75. The van der Waals surface area contributed by atoms with E-state index in [0.717, 1.165) is 50.9 Å². The van der Waals surface area contributed by atoms with Crippen LogP contribution in [0.4, 0.5) is 22.9 Å². The number of pyridine rings is 2. The van der Waals surface area contributed by atoms with E-state index in [2.05, 4.69) is 162 Å². The van der Waals surface area contributed by atoms with E-state index in [1.807, 2.05) is 24.5 Å². The molecule has 0 N–H and O–H groups in total. The number of nitrogens with zero attached hydrogens (tertiary/aromatic N) is 5. The number of benzene rings is 5. The van der Waals surface area contributed by atoms with Crippen LogP contribution in [0.3, 0.4) is 0 Å². The van der Waals surface area contributed by atoms with Gasteiger partial charge in [-0.3, -0.25) is 4.57 Å². The number of fused-ring (bicyclic) bond motifs is 11. The Morgan fingerprint density at radius 3 is 2.12 bits per heavy atom. The first kappa shape index (κ1) is 29.6. The summed E-state index contributed by atoms with van der Waals surface area (Å²) in [5, 5.41) is 2.34. The lowest BCUT2D eigenvalue weighted by molar-refractivity contribution is 0.483. The molecule has 5 aromatic carbocycles. The second kappa shape index (κ2) is 11.1. The van der Waals surface area contributed by atoms with Crippen LogP contribution in [0.25, 0.3) is 38.8 Å². The minimum atomic E-state index is -0.0975. The Balaban J connectivity index is 1.11. The Labute approximate surface area is 297 Å². The van der Waals surface area contributed by atoms with E-state index in [1.54, 1.807) is 0 Å².